The SMILES string of the molecule is Cc1nc2c(C(=O)N[C@@H]3CCCC[C@@H]3C)cnn2c(C)c1Cc1cccc(Cl)c1. The standard InChI is InChI=1S/C23H27ClN4O/c1-14-7-4-5-10-21(14)27-23(29)20-13-25-28-16(3)19(15(2)26-22(20)28)12-17-8-6-9-18(24)11-17/h6,8-9,11,13-14,21H,4-5,7,10,12H2,1-3H3,(H,27,29)/t14-,21+/m0/s1. The molecule has 5 nitrogen and oxygen atoms in total. The second kappa shape index (κ2) is 8.15. The Labute approximate surface area is 176 Å². The Hall–Kier alpha value is -2.40. The van der Waals surface area contributed by atoms with E-state index in [1.807, 2.05) is 32.0 Å². The largest absolute Gasteiger partial charge is 0.349 e. The molecule has 1 saturated carbocycles. The van der Waals surface area contributed by atoms with Gasteiger partial charge >= 0.3 is 0 Å². The second-order valence-corrected chi connectivity index (χ2v) is 8.64. The van der Waals surface area contributed by atoms with Crippen LogP contribution in [0.4, 0.5) is 0 Å². The number of nitrogens with one attached hydrogen (secondary N) is 1. The van der Waals surface area contributed by atoms with Crippen molar-refractivity contribution in [3.05, 3.63) is 63.6 Å². The lowest BCUT2D eigenvalue weighted by molar-refractivity contribution is 0.0912. The van der Waals surface area contributed by atoms with Gasteiger partial charge in [-0.2, -0.15) is 5.10 Å². The zero-order valence-corrected chi connectivity index (χ0v) is 18.0. The van der Waals surface area contributed by atoms with E-state index in [4.69, 9.17) is 16.6 Å². The number of rotatable bonds is 4. The number of aryl methyl sites for hydroxylation is 2. The maximum atomic E-state index is 13.0. The molecule has 0 unspecified atom stereocenters. The minimum atomic E-state index is -0.0763. The van der Waals surface area contributed by atoms with Crippen LogP contribution in [0.25, 0.3) is 5.65 Å². The van der Waals surface area contributed by atoms with Gasteiger partial charge in [0.25, 0.3) is 5.91 Å². The normalized spacial score (nSPS) is 19.4. The minimum Gasteiger partial charge on any atom is -0.349 e. The molecule has 2 aromatic heterocycles. The second-order valence-electron chi connectivity index (χ2n) is 8.20. The van der Waals surface area contributed by atoms with Crippen LogP contribution in [0.15, 0.2) is 30.5 Å². The van der Waals surface area contributed by atoms with Crippen LogP contribution in [0.5, 0.6) is 0 Å². The fourth-order valence-corrected chi connectivity index (χ4v) is 4.57. The average molecular weight is 411 g/mol. The topological polar surface area (TPSA) is 59.3 Å². The van der Waals surface area contributed by atoms with Gasteiger partial charge in [-0.1, -0.05) is 43.5 Å². The molecule has 2 atom stereocenters. The van der Waals surface area contributed by atoms with E-state index in [2.05, 4.69) is 23.4 Å². The highest BCUT2D eigenvalue weighted by Gasteiger charge is 2.25. The number of benzene rings is 1. The molecule has 0 saturated heterocycles. The summed E-state index contributed by atoms with van der Waals surface area (Å²) in [5, 5.41) is 8.42. The Morgan fingerprint density at radius 2 is 2.07 bits per heavy atom. The number of hydrogen-bond acceptors (Lipinski definition) is 3. The summed E-state index contributed by atoms with van der Waals surface area (Å²) in [6, 6.07) is 8.09. The van der Waals surface area contributed by atoms with Crippen LogP contribution >= 0.6 is 11.6 Å². The molecule has 0 radical (unpaired) electrons. The maximum Gasteiger partial charge on any atom is 0.256 e. The number of carbonyl (C=O) groups excluding carboxylic acids is 1. The lowest BCUT2D eigenvalue weighted by Gasteiger charge is -2.29. The van der Waals surface area contributed by atoms with Crippen molar-refractivity contribution >= 4 is 23.2 Å². The minimum absolute atomic E-state index is 0.0763. The van der Waals surface area contributed by atoms with E-state index >= 15 is 0 Å². The molecule has 3 aromatic rings. The number of fused-ring (bicyclic) bond motifs is 1. The third-order valence-electron chi connectivity index (χ3n) is 6.15. The lowest BCUT2D eigenvalue weighted by Crippen LogP contribution is -2.41. The highest BCUT2D eigenvalue weighted by atomic mass is 35.5. The summed E-state index contributed by atoms with van der Waals surface area (Å²) in [5.74, 6) is 0.433. The summed E-state index contributed by atoms with van der Waals surface area (Å²) in [6.45, 7) is 6.24. The number of nitrogens with zero attached hydrogens (tertiary/aromatic N) is 3. The van der Waals surface area contributed by atoms with E-state index in [0.29, 0.717) is 17.1 Å². The molecule has 1 aliphatic carbocycles. The highest BCUT2D eigenvalue weighted by Crippen LogP contribution is 2.25. The smallest absolute Gasteiger partial charge is 0.256 e. The summed E-state index contributed by atoms with van der Waals surface area (Å²) < 4.78 is 1.78. The van der Waals surface area contributed by atoms with E-state index in [9.17, 15) is 4.79 Å². The first-order valence-electron chi connectivity index (χ1n) is 10.3. The van der Waals surface area contributed by atoms with Crippen molar-refractivity contribution in [2.75, 3.05) is 0 Å². The van der Waals surface area contributed by atoms with Crippen LogP contribution in [-0.4, -0.2) is 26.5 Å². The Morgan fingerprint density at radius 1 is 1.28 bits per heavy atom. The fourth-order valence-electron chi connectivity index (χ4n) is 4.35. The number of halogens is 1. The lowest BCUT2D eigenvalue weighted by atomic mass is 9.86. The van der Waals surface area contributed by atoms with Crippen molar-refractivity contribution in [1.29, 1.82) is 0 Å². The monoisotopic (exact) mass is 410 g/mol. The van der Waals surface area contributed by atoms with Crippen LogP contribution in [-0.2, 0) is 6.42 Å². The maximum absolute atomic E-state index is 13.0. The van der Waals surface area contributed by atoms with Gasteiger partial charge in [-0.05, 0) is 55.9 Å². The predicted molar refractivity (Wildman–Crippen MR) is 116 cm³/mol. The summed E-state index contributed by atoms with van der Waals surface area (Å²) in [5.41, 5.74) is 5.31. The number of amides is 1. The van der Waals surface area contributed by atoms with Crippen molar-refractivity contribution < 1.29 is 4.79 Å². The summed E-state index contributed by atoms with van der Waals surface area (Å²) in [7, 11) is 0. The van der Waals surface area contributed by atoms with E-state index in [0.717, 1.165) is 40.4 Å². The van der Waals surface area contributed by atoms with Gasteiger partial charge in [0, 0.05) is 28.9 Å². The van der Waals surface area contributed by atoms with E-state index < -0.39 is 0 Å². The number of carbonyl (C=O) groups is 1. The fraction of sp³-hybridized carbons (Fsp3) is 0.435. The Balaban J connectivity index is 1.64. The molecule has 0 spiro atoms. The van der Waals surface area contributed by atoms with Gasteiger partial charge in [-0.3, -0.25) is 4.79 Å². The Kier molecular flexibility index (Phi) is 5.59. The average Bonchev–Trinajstić information content (AvgIpc) is 3.11. The molecule has 1 amide bonds. The molecule has 0 bridgehead atoms. The van der Waals surface area contributed by atoms with Crippen molar-refractivity contribution in [3.63, 3.8) is 0 Å². The van der Waals surface area contributed by atoms with E-state index in [1.54, 1.807) is 10.7 Å². The summed E-state index contributed by atoms with van der Waals surface area (Å²) in [6.07, 6.45) is 7.00. The van der Waals surface area contributed by atoms with Crippen molar-refractivity contribution in [3.8, 4) is 0 Å². The van der Waals surface area contributed by atoms with Gasteiger partial charge in [0.1, 0.15) is 5.56 Å². The van der Waals surface area contributed by atoms with Gasteiger partial charge in [-0.15, -0.1) is 0 Å². The number of aromatic nitrogens is 3. The Morgan fingerprint density at radius 3 is 2.83 bits per heavy atom. The van der Waals surface area contributed by atoms with E-state index in [1.165, 1.54) is 19.3 Å². The van der Waals surface area contributed by atoms with Crippen molar-refractivity contribution in [2.45, 2.75) is 58.9 Å². The molecular formula is C23H27ClN4O. The summed E-state index contributed by atoms with van der Waals surface area (Å²) in [4.78, 5) is 17.7. The van der Waals surface area contributed by atoms with Gasteiger partial charge in [0.15, 0.2) is 5.65 Å². The molecule has 1 fully saturated rings. The predicted octanol–water partition coefficient (Wildman–Crippen LogP) is 4.90. The van der Waals surface area contributed by atoms with Crippen LogP contribution in [0, 0.1) is 19.8 Å². The number of hydrogen-bond donors (Lipinski definition) is 1. The molecule has 4 rings (SSSR count). The van der Waals surface area contributed by atoms with Crippen LogP contribution in [0.2, 0.25) is 5.02 Å². The Bertz CT molecular complexity index is 1060. The molecule has 29 heavy (non-hydrogen) atoms. The van der Waals surface area contributed by atoms with Crippen molar-refractivity contribution in [1.82, 2.24) is 19.9 Å². The molecule has 2 heterocycles. The van der Waals surface area contributed by atoms with Gasteiger partial charge in [0.05, 0.1) is 6.20 Å². The van der Waals surface area contributed by atoms with Gasteiger partial charge in [-0.25, -0.2) is 9.50 Å². The first-order chi connectivity index (χ1) is 13.9. The zero-order valence-electron chi connectivity index (χ0n) is 17.2. The molecule has 0 aliphatic heterocycles. The van der Waals surface area contributed by atoms with Crippen LogP contribution in [0.1, 0.15) is 65.5 Å². The first kappa shape index (κ1) is 19.9. The highest BCUT2D eigenvalue weighted by molar-refractivity contribution is 6.30. The summed E-state index contributed by atoms with van der Waals surface area (Å²) >= 11 is 6.14. The third-order valence-corrected chi connectivity index (χ3v) is 6.39. The molecule has 1 aromatic carbocycles. The molecular weight excluding hydrogens is 384 g/mol. The molecule has 6 heteroatoms. The van der Waals surface area contributed by atoms with Gasteiger partial charge < -0.3 is 5.32 Å². The first-order valence-corrected chi connectivity index (χ1v) is 10.7. The van der Waals surface area contributed by atoms with E-state index in [-0.39, 0.29) is 11.9 Å². The molecule has 152 valence electrons. The zero-order chi connectivity index (χ0) is 20.5. The molecule has 1 aliphatic rings. The molecule has 1 N–H and O–H groups in total. The van der Waals surface area contributed by atoms with Crippen LogP contribution in [0.3, 0.4) is 0 Å². The van der Waals surface area contributed by atoms with Crippen molar-refractivity contribution in [2.24, 2.45) is 5.92 Å². The quantitative estimate of drug-likeness (QED) is 0.665. The van der Waals surface area contributed by atoms with Gasteiger partial charge in [0.2, 0.25) is 0 Å². The third kappa shape index (κ3) is 4.01. The van der Waals surface area contributed by atoms with Crippen LogP contribution < -0.4 is 5.32 Å².